The van der Waals surface area contributed by atoms with Crippen molar-refractivity contribution in [2.75, 3.05) is 19.8 Å². The van der Waals surface area contributed by atoms with Gasteiger partial charge in [-0.05, 0) is 37.6 Å². The van der Waals surface area contributed by atoms with Crippen LogP contribution in [0.2, 0.25) is 0 Å². The van der Waals surface area contributed by atoms with Crippen molar-refractivity contribution in [1.82, 2.24) is 25.4 Å². The summed E-state index contributed by atoms with van der Waals surface area (Å²) >= 11 is 0. The molecule has 0 saturated heterocycles. The lowest BCUT2D eigenvalue weighted by Crippen LogP contribution is -2.35. The number of hydrogen-bond donors (Lipinski definition) is 3. The summed E-state index contributed by atoms with van der Waals surface area (Å²) < 4.78 is 30.1. The van der Waals surface area contributed by atoms with Gasteiger partial charge in [0, 0.05) is 18.3 Å². The summed E-state index contributed by atoms with van der Waals surface area (Å²) in [6.07, 6.45) is 4.15. The molecular weight excluding hydrogens is 505 g/mol. The van der Waals surface area contributed by atoms with Crippen molar-refractivity contribution in [3.05, 3.63) is 84.3 Å². The number of nitrogens with zero attached hydrogens (tertiary/aromatic N) is 2. The maximum Gasteiger partial charge on any atom is 0.323 e. The van der Waals surface area contributed by atoms with Crippen molar-refractivity contribution in [2.24, 2.45) is 0 Å². The number of nitrogens with one attached hydrogen (secondary N) is 3. The number of fused-ring (bicyclic) bond motifs is 1. The average Bonchev–Trinajstić information content (AvgIpc) is 3.36. The van der Waals surface area contributed by atoms with Crippen molar-refractivity contribution < 1.29 is 23.4 Å². The number of hydrogen-bond acceptors (Lipinski definition) is 8. The van der Waals surface area contributed by atoms with Gasteiger partial charge in [0.2, 0.25) is 5.88 Å². The molecule has 2 aromatic heterocycles. The van der Waals surface area contributed by atoms with E-state index in [1.807, 2.05) is 42.6 Å². The van der Waals surface area contributed by atoms with Crippen LogP contribution in [0.3, 0.4) is 0 Å². The quantitative estimate of drug-likeness (QED) is 0.122. The summed E-state index contributed by atoms with van der Waals surface area (Å²) in [7, 11) is -2.08. The van der Waals surface area contributed by atoms with Crippen LogP contribution in [0.15, 0.2) is 73.2 Å². The zero-order valence-electron chi connectivity index (χ0n) is 21.4. The van der Waals surface area contributed by atoms with E-state index in [1.165, 1.54) is 13.4 Å². The van der Waals surface area contributed by atoms with Crippen LogP contribution in [0, 0.1) is 0 Å². The molecule has 0 amide bonds. The first-order chi connectivity index (χ1) is 18.5. The SMILES string of the molecule is COC(=O)C(C)NP(=O)(CCCNCc1c[nH]c2c(OCc3ccccc3)ncnc12)Oc1ccccc1. The monoisotopic (exact) mass is 537 g/mol. The number of para-hydroxylation sites is 1. The Bertz CT molecular complexity index is 1370. The highest BCUT2D eigenvalue weighted by Gasteiger charge is 2.29. The largest absolute Gasteiger partial charge is 0.471 e. The summed E-state index contributed by atoms with van der Waals surface area (Å²) in [5, 5.41) is 6.21. The maximum atomic E-state index is 13.6. The predicted octanol–water partition coefficient (Wildman–Crippen LogP) is 4.44. The predicted molar refractivity (Wildman–Crippen MR) is 145 cm³/mol. The van der Waals surface area contributed by atoms with Gasteiger partial charge in [-0.3, -0.25) is 9.36 Å². The molecule has 0 aliphatic heterocycles. The molecular formula is C27H32N5O5P. The number of benzene rings is 2. The van der Waals surface area contributed by atoms with Gasteiger partial charge in [0.05, 0.1) is 18.8 Å². The fourth-order valence-corrected chi connectivity index (χ4v) is 5.89. The highest BCUT2D eigenvalue weighted by Crippen LogP contribution is 2.44. The molecule has 0 bridgehead atoms. The second-order valence-electron chi connectivity index (χ2n) is 8.70. The van der Waals surface area contributed by atoms with E-state index in [-0.39, 0.29) is 6.16 Å². The van der Waals surface area contributed by atoms with Crippen LogP contribution in [0.1, 0.15) is 24.5 Å². The van der Waals surface area contributed by atoms with Crippen LogP contribution < -0.4 is 19.7 Å². The van der Waals surface area contributed by atoms with Crippen LogP contribution in [-0.2, 0) is 27.2 Å². The second kappa shape index (κ2) is 13.2. The van der Waals surface area contributed by atoms with E-state index in [1.54, 1.807) is 31.2 Å². The molecule has 4 aromatic rings. The lowest BCUT2D eigenvalue weighted by molar-refractivity contribution is -0.142. The Hall–Kier alpha value is -3.72. The van der Waals surface area contributed by atoms with Crippen LogP contribution in [0.25, 0.3) is 11.0 Å². The normalized spacial score (nSPS) is 13.5. The Labute approximate surface area is 221 Å². The molecule has 0 fully saturated rings. The highest BCUT2D eigenvalue weighted by molar-refractivity contribution is 7.57. The first-order valence-electron chi connectivity index (χ1n) is 12.3. The maximum absolute atomic E-state index is 13.6. The molecule has 200 valence electrons. The molecule has 38 heavy (non-hydrogen) atoms. The van der Waals surface area contributed by atoms with Gasteiger partial charge >= 0.3 is 13.5 Å². The third-order valence-electron chi connectivity index (χ3n) is 5.79. The minimum atomic E-state index is -3.38. The first-order valence-corrected chi connectivity index (χ1v) is 14.2. The van der Waals surface area contributed by atoms with Gasteiger partial charge in [-0.2, -0.15) is 4.98 Å². The van der Waals surface area contributed by atoms with Gasteiger partial charge in [0.25, 0.3) is 0 Å². The third-order valence-corrected chi connectivity index (χ3v) is 7.98. The summed E-state index contributed by atoms with van der Waals surface area (Å²) in [6.45, 7) is 3.13. The van der Waals surface area contributed by atoms with Gasteiger partial charge in [-0.1, -0.05) is 48.5 Å². The van der Waals surface area contributed by atoms with Crippen molar-refractivity contribution in [2.45, 2.75) is 32.5 Å². The lowest BCUT2D eigenvalue weighted by atomic mass is 10.2. The number of methoxy groups -OCH3 is 1. The third kappa shape index (κ3) is 7.41. The Morgan fingerprint density at radius 3 is 2.55 bits per heavy atom. The Kier molecular flexibility index (Phi) is 9.48. The molecule has 2 heterocycles. The number of H-pyrrole nitrogens is 1. The van der Waals surface area contributed by atoms with Crippen LogP contribution in [-0.4, -0.2) is 46.8 Å². The average molecular weight is 538 g/mol. The molecule has 0 aliphatic rings. The number of aromatic amines is 1. The molecule has 2 atom stereocenters. The summed E-state index contributed by atoms with van der Waals surface area (Å²) in [5.74, 6) is 0.459. The minimum Gasteiger partial charge on any atom is -0.471 e. The van der Waals surface area contributed by atoms with E-state index in [0.717, 1.165) is 22.2 Å². The summed E-state index contributed by atoms with van der Waals surface area (Å²) in [5.41, 5.74) is 3.54. The molecule has 0 radical (unpaired) electrons. The van der Waals surface area contributed by atoms with Crippen molar-refractivity contribution in [3.8, 4) is 11.6 Å². The number of ether oxygens (including phenoxy) is 2. The summed E-state index contributed by atoms with van der Waals surface area (Å²) in [4.78, 5) is 23.8. The Morgan fingerprint density at radius 2 is 1.82 bits per heavy atom. The Balaban J connectivity index is 1.32. The van der Waals surface area contributed by atoms with Gasteiger partial charge in [0.15, 0.2) is 0 Å². The van der Waals surface area contributed by atoms with E-state index in [9.17, 15) is 9.36 Å². The zero-order chi connectivity index (χ0) is 26.8. The zero-order valence-corrected chi connectivity index (χ0v) is 22.3. The first kappa shape index (κ1) is 27.3. The molecule has 3 N–H and O–H groups in total. The molecule has 0 spiro atoms. The number of carbonyl (C=O) groups excluding carboxylic acids is 1. The van der Waals surface area contributed by atoms with Gasteiger partial charge in [-0.15, -0.1) is 0 Å². The molecule has 2 unspecified atom stereocenters. The van der Waals surface area contributed by atoms with E-state index in [4.69, 9.17) is 14.0 Å². The molecule has 0 aliphatic carbocycles. The van der Waals surface area contributed by atoms with E-state index in [2.05, 4.69) is 25.4 Å². The van der Waals surface area contributed by atoms with E-state index in [0.29, 0.717) is 37.7 Å². The number of rotatable bonds is 14. The van der Waals surface area contributed by atoms with E-state index >= 15 is 0 Å². The molecule has 2 aromatic carbocycles. The molecule has 11 heteroatoms. The topological polar surface area (TPSA) is 127 Å². The van der Waals surface area contributed by atoms with Crippen molar-refractivity contribution >= 4 is 24.5 Å². The van der Waals surface area contributed by atoms with Gasteiger partial charge in [0.1, 0.15) is 30.2 Å². The van der Waals surface area contributed by atoms with Crippen LogP contribution in [0.5, 0.6) is 11.6 Å². The molecule has 0 saturated carbocycles. The Morgan fingerprint density at radius 1 is 1.08 bits per heavy atom. The van der Waals surface area contributed by atoms with Crippen LogP contribution in [0.4, 0.5) is 0 Å². The standard InChI is InChI=1S/C27H32N5O5P/c1-20(27(33)35-2)32-38(34,37-23-12-7-4-8-13-23)15-9-14-28-16-22-17-29-25-24(22)30-19-31-26(25)36-18-21-10-5-3-6-11-21/h3-8,10-13,17,19-20,28-29H,9,14-16,18H2,1-2H3,(H,32,34). The number of carbonyl (C=O) groups is 1. The van der Waals surface area contributed by atoms with Crippen molar-refractivity contribution in [3.63, 3.8) is 0 Å². The minimum absolute atomic E-state index is 0.226. The smallest absolute Gasteiger partial charge is 0.323 e. The van der Waals surface area contributed by atoms with Crippen LogP contribution >= 0.6 is 7.52 Å². The molecule has 10 nitrogen and oxygen atoms in total. The highest BCUT2D eigenvalue weighted by atomic mass is 31.2. The molecule has 4 rings (SSSR count). The summed E-state index contributed by atoms with van der Waals surface area (Å²) in [6, 6.07) is 18.0. The van der Waals surface area contributed by atoms with Gasteiger partial charge < -0.3 is 24.3 Å². The number of esters is 1. The van der Waals surface area contributed by atoms with Crippen molar-refractivity contribution in [1.29, 1.82) is 0 Å². The fraction of sp³-hybridized carbons (Fsp3) is 0.296. The second-order valence-corrected chi connectivity index (χ2v) is 10.9. The van der Waals surface area contributed by atoms with E-state index < -0.39 is 19.5 Å². The van der Waals surface area contributed by atoms with Gasteiger partial charge in [-0.25, -0.2) is 10.1 Å². The number of aromatic nitrogens is 3. The fourth-order valence-electron chi connectivity index (χ4n) is 3.89. The lowest BCUT2D eigenvalue weighted by Gasteiger charge is -2.23.